The molecule has 3 saturated heterocycles. The fourth-order valence-corrected chi connectivity index (χ4v) is 6.25. The van der Waals surface area contributed by atoms with Gasteiger partial charge in [0.1, 0.15) is 11.6 Å². The molecule has 2 aromatic rings. The van der Waals surface area contributed by atoms with Crippen LogP contribution in [0.4, 0.5) is 29.3 Å². The molecule has 2 aromatic heterocycles. The van der Waals surface area contributed by atoms with Crippen LogP contribution in [0.1, 0.15) is 36.2 Å². The van der Waals surface area contributed by atoms with Gasteiger partial charge in [-0.3, -0.25) is 9.80 Å². The first-order valence-electron chi connectivity index (χ1n) is 14.0. The van der Waals surface area contributed by atoms with Crippen molar-refractivity contribution in [3.05, 3.63) is 70.4 Å². The van der Waals surface area contributed by atoms with Crippen molar-refractivity contribution < 1.29 is 17.6 Å². The number of alkyl halides is 3. The summed E-state index contributed by atoms with van der Waals surface area (Å²) in [5.74, 6) is 0.232. The number of hydrogen-bond donors (Lipinski definition) is 0. The topological polar surface area (TPSA) is 51.6 Å². The van der Waals surface area contributed by atoms with Gasteiger partial charge in [-0.15, -0.1) is 0 Å². The normalized spacial score (nSPS) is 22.7. The number of anilines is 2. The summed E-state index contributed by atoms with van der Waals surface area (Å²) in [6.07, 6.45) is 4.61. The molecule has 4 aliphatic rings. The van der Waals surface area contributed by atoms with E-state index >= 15 is 0 Å². The van der Waals surface area contributed by atoms with Gasteiger partial charge >= 0.3 is 6.18 Å². The molecule has 0 spiro atoms. The van der Waals surface area contributed by atoms with Crippen molar-refractivity contribution in [1.82, 2.24) is 24.8 Å². The summed E-state index contributed by atoms with van der Waals surface area (Å²) in [5, 5.41) is 0.0650. The Labute approximate surface area is 241 Å². The van der Waals surface area contributed by atoms with Crippen molar-refractivity contribution in [2.75, 3.05) is 62.2 Å². The summed E-state index contributed by atoms with van der Waals surface area (Å²) in [7, 11) is 0. The average Bonchev–Trinajstić information content (AvgIpc) is 3.37. The Balaban J connectivity index is 1.23. The molecule has 0 N–H and O–H groups in total. The summed E-state index contributed by atoms with van der Waals surface area (Å²) >= 11 is 6.20. The molecular formula is C29H32ClF4N7. The van der Waals surface area contributed by atoms with Gasteiger partial charge < -0.3 is 9.80 Å². The maximum absolute atomic E-state index is 14.2. The Bertz CT molecular complexity index is 1370. The van der Waals surface area contributed by atoms with E-state index in [0.29, 0.717) is 56.0 Å². The molecule has 3 aliphatic heterocycles. The van der Waals surface area contributed by atoms with E-state index in [1.807, 2.05) is 12.1 Å². The second kappa shape index (κ2) is 11.7. The van der Waals surface area contributed by atoms with Gasteiger partial charge in [-0.25, -0.2) is 19.3 Å². The Morgan fingerprint density at radius 2 is 1.80 bits per heavy atom. The number of halogens is 5. The third kappa shape index (κ3) is 6.27. The first-order chi connectivity index (χ1) is 19.7. The Morgan fingerprint density at radius 3 is 2.61 bits per heavy atom. The Hall–Kier alpha value is -3.02. The molecule has 6 rings (SSSR count). The van der Waals surface area contributed by atoms with Crippen LogP contribution < -0.4 is 9.80 Å². The molecule has 0 saturated carbocycles. The molecule has 12 heteroatoms. The van der Waals surface area contributed by atoms with E-state index < -0.39 is 11.7 Å². The van der Waals surface area contributed by atoms with Gasteiger partial charge in [-0.05, 0) is 43.7 Å². The van der Waals surface area contributed by atoms with E-state index in [-0.39, 0.29) is 23.1 Å². The van der Waals surface area contributed by atoms with Crippen LogP contribution in [0.5, 0.6) is 0 Å². The van der Waals surface area contributed by atoms with Crippen LogP contribution in [0.2, 0.25) is 0 Å². The first kappa shape index (κ1) is 28.1. The molecule has 218 valence electrons. The minimum absolute atomic E-state index is 0.0263. The lowest BCUT2D eigenvalue weighted by molar-refractivity contribution is -0.137. The number of pyridine rings is 1. The predicted octanol–water partition coefficient (Wildman–Crippen LogP) is 5.26. The van der Waals surface area contributed by atoms with Gasteiger partial charge in [0, 0.05) is 76.6 Å². The van der Waals surface area contributed by atoms with E-state index in [1.54, 1.807) is 17.1 Å². The summed E-state index contributed by atoms with van der Waals surface area (Å²) in [6, 6.07) is 4.79. The number of allylic oxidation sites excluding steroid dienone is 6. The second-order valence-electron chi connectivity index (χ2n) is 10.9. The fourth-order valence-electron chi connectivity index (χ4n) is 6.05. The van der Waals surface area contributed by atoms with Gasteiger partial charge in [0.2, 0.25) is 5.95 Å². The maximum atomic E-state index is 14.2. The summed E-state index contributed by atoms with van der Waals surface area (Å²) in [4.78, 5) is 22.5. The highest BCUT2D eigenvalue weighted by Crippen LogP contribution is 2.35. The van der Waals surface area contributed by atoms with Gasteiger partial charge in [0.25, 0.3) is 0 Å². The van der Waals surface area contributed by atoms with E-state index in [0.717, 1.165) is 44.4 Å². The Kier molecular flexibility index (Phi) is 8.02. The predicted molar refractivity (Wildman–Crippen MR) is 151 cm³/mol. The smallest absolute Gasteiger partial charge is 0.354 e. The van der Waals surface area contributed by atoms with Crippen LogP contribution in [-0.2, 0) is 12.7 Å². The van der Waals surface area contributed by atoms with E-state index in [1.165, 1.54) is 18.7 Å². The molecule has 0 radical (unpaired) electrons. The number of aromatic nitrogens is 3. The second-order valence-corrected chi connectivity index (χ2v) is 11.3. The number of piperazine rings is 2. The van der Waals surface area contributed by atoms with Crippen LogP contribution in [0.3, 0.4) is 0 Å². The number of hydrogen-bond acceptors (Lipinski definition) is 7. The molecule has 1 aliphatic carbocycles. The van der Waals surface area contributed by atoms with Crippen LogP contribution >= 0.6 is 11.6 Å². The van der Waals surface area contributed by atoms with Gasteiger partial charge in [0.15, 0.2) is 0 Å². The zero-order valence-corrected chi connectivity index (χ0v) is 23.4. The summed E-state index contributed by atoms with van der Waals surface area (Å²) < 4.78 is 54.8. The minimum atomic E-state index is -4.46. The Morgan fingerprint density at radius 1 is 1.00 bits per heavy atom. The molecule has 1 unspecified atom stereocenters. The quantitative estimate of drug-likeness (QED) is 0.441. The van der Waals surface area contributed by atoms with Crippen molar-refractivity contribution in [3.63, 3.8) is 0 Å². The number of rotatable bonds is 5. The van der Waals surface area contributed by atoms with Crippen LogP contribution in [0.15, 0.2) is 53.5 Å². The standard InChI is InChI=1S/C29H32ClF4N7/c30-24-16-20(4-1-7-25(24)31)26-17-21(36-28(37-26)41-15-14-39-9-3-5-22(39)19-41)18-38-10-12-40(13-11-38)27-23(29(32,33)34)6-2-8-35-27/h1-2,4,6,8,16-17,22H,3,5,7,9-15,18-19H2. The van der Waals surface area contributed by atoms with Crippen LogP contribution in [-0.4, -0.2) is 83.2 Å². The summed E-state index contributed by atoms with van der Waals surface area (Å²) in [5.41, 5.74) is 1.48. The molecule has 0 amide bonds. The van der Waals surface area contributed by atoms with Crippen molar-refractivity contribution in [1.29, 1.82) is 0 Å². The molecule has 5 heterocycles. The van der Waals surface area contributed by atoms with Crippen molar-refractivity contribution >= 4 is 28.9 Å². The van der Waals surface area contributed by atoms with Crippen LogP contribution in [0, 0.1) is 0 Å². The molecule has 7 nitrogen and oxygen atoms in total. The molecule has 0 aromatic carbocycles. The van der Waals surface area contributed by atoms with Crippen LogP contribution in [0.25, 0.3) is 5.57 Å². The molecular weight excluding hydrogens is 558 g/mol. The van der Waals surface area contributed by atoms with E-state index in [9.17, 15) is 17.6 Å². The lowest BCUT2D eigenvalue weighted by Crippen LogP contribution is -2.50. The largest absolute Gasteiger partial charge is 0.419 e. The SMILES string of the molecule is FC1=C(Cl)C=C(c2cc(CN3CCN(c4ncccc4C(F)(F)F)CC3)nc(N3CCN4CCCC4C3)n2)C=CC1. The third-order valence-electron chi connectivity index (χ3n) is 8.22. The zero-order chi connectivity index (χ0) is 28.6. The first-order valence-corrected chi connectivity index (χ1v) is 14.4. The van der Waals surface area contributed by atoms with E-state index in [2.05, 4.69) is 19.7 Å². The number of nitrogens with zero attached hydrogens (tertiary/aromatic N) is 7. The maximum Gasteiger partial charge on any atom is 0.419 e. The number of fused-ring (bicyclic) bond motifs is 1. The zero-order valence-electron chi connectivity index (χ0n) is 22.6. The van der Waals surface area contributed by atoms with Crippen molar-refractivity contribution in [2.24, 2.45) is 0 Å². The van der Waals surface area contributed by atoms with Gasteiger partial charge in [-0.1, -0.05) is 23.8 Å². The molecule has 41 heavy (non-hydrogen) atoms. The molecule has 3 fully saturated rings. The highest BCUT2D eigenvalue weighted by Gasteiger charge is 2.36. The fraction of sp³-hybridized carbons (Fsp3) is 0.483. The summed E-state index contributed by atoms with van der Waals surface area (Å²) in [6.45, 7) is 6.26. The lowest BCUT2D eigenvalue weighted by atomic mass is 10.1. The average molecular weight is 590 g/mol. The van der Waals surface area contributed by atoms with Gasteiger partial charge in [0.05, 0.1) is 22.0 Å². The third-order valence-corrected chi connectivity index (χ3v) is 8.53. The van der Waals surface area contributed by atoms with E-state index in [4.69, 9.17) is 21.6 Å². The highest BCUT2D eigenvalue weighted by atomic mass is 35.5. The van der Waals surface area contributed by atoms with Crippen molar-refractivity contribution in [3.8, 4) is 0 Å². The highest BCUT2D eigenvalue weighted by molar-refractivity contribution is 6.32. The van der Waals surface area contributed by atoms with Crippen molar-refractivity contribution in [2.45, 2.75) is 38.0 Å². The molecule has 0 bridgehead atoms. The monoisotopic (exact) mass is 589 g/mol. The van der Waals surface area contributed by atoms with Gasteiger partial charge in [-0.2, -0.15) is 13.2 Å². The molecule has 1 atom stereocenters. The minimum Gasteiger partial charge on any atom is -0.354 e. The lowest BCUT2D eigenvalue weighted by Gasteiger charge is -2.38.